The van der Waals surface area contributed by atoms with Gasteiger partial charge in [0.15, 0.2) is 0 Å². The van der Waals surface area contributed by atoms with Gasteiger partial charge in [-0.3, -0.25) is 0 Å². The van der Waals surface area contributed by atoms with Crippen LogP contribution in [0.2, 0.25) is 0 Å². The molecule has 3 N–H and O–H groups in total. The minimum atomic E-state index is -0.755. The van der Waals surface area contributed by atoms with Crippen LogP contribution in [0, 0.1) is 17.5 Å². The number of benzene rings is 2. The van der Waals surface area contributed by atoms with E-state index in [0.29, 0.717) is 0 Å². The summed E-state index contributed by atoms with van der Waals surface area (Å²) in [6.45, 7) is 0. The molecule has 0 saturated carbocycles. The molecule has 2 rings (SSSR count). The fourth-order valence-corrected chi connectivity index (χ4v) is 1.77. The Morgan fingerprint density at radius 1 is 1.00 bits per heavy atom. The molecule has 0 atom stereocenters. The fraction of sp³-hybridized carbons (Fsp3) is 0. The molecule has 0 heterocycles. The van der Waals surface area contributed by atoms with Crippen LogP contribution in [0.5, 0.6) is 0 Å². The van der Waals surface area contributed by atoms with Crippen molar-refractivity contribution in [1.82, 2.24) is 0 Å². The lowest BCUT2D eigenvalue weighted by molar-refractivity contribution is 0.591. The van der Waals surface area contributed by atoms with Gasteiger partial charge in [-0.05, 0) is 34.1 Å². The van der Waals surface area contributed by atoms with Gasteiger partial charge >= 0.3 is 0 Å². The second-order valence-electron chi connectivity index (χ2n) is 3.58. The van der Waals surface area contributed by atoms with Gasteiger partial charge in [-0.15, -0.1) is 0 Å². The first-order valence-corrected chi connectivity index (χ1v) is 5.74. The Bertz CT molecular complexity index is 582. The number of anilines is 3. The van der Waals surface area contributed by atoms with Crippen molar-refractivity contribution in [3.8, 4) is 0 Å². The van der Waals surface area contributed by atoms with E-state index in [4.69, 9.17) is 5.73 Å². The van der Waals surface area contributed by atoms with Crippen molar-refractivity contribution in [3.63, 3.8) is 0 Å². The van der Waals surface area contributed by atoms with Crippen LogP contribution in [0.3, 0.4) is 0 Å². The summed E-state index contributed by atoms with van der Waals surface area (Å²) in [6.07, 6.45) is 0. The Balaban J connectivity index is 2.43. The Labute approximate surface area is 110 Å². The van der Waals surface area contributed by atoms with Gasteiger partial charge in [0.25, 0.3) is 0 Å². The first kappa shape index (κ1) is 12.8. The molecule has 0 fully saturated rings. The monoisotopic (exact) mass is 316 g/mol. The molecule has 0 unspecified atom stereocenters. The van der Waals surface area contributed by atoms with Gasteiger partial charge in [0, 0.05) is 6.07 Å². The van der Waals surface area contributed by atoms with E-state index in [9.17, 15) is 13.2 Å². The average Bonchev–Trinajstić information content (AvgIpc) is 2.30. The number of para-hydroxylation sites is 1. The van der Waals surface area contributed by atoms with Crippen LogP contribution in [-0.2, 0) is 0 Å². The van der Waals surface area contributed by atoms with E-state index in [1.165, 1.54) is 12.1 Å². The van der Waals surface area contributed by atoms with Crippen LogP contribution in [0.25, 0.3) is 0 Å². The highest BCUT2D eigenvalue weighted by Crippen LogP contribution is 2.31. The van der Waals surface area contributed by atoms with Gasteiger partial charge in [0.05, 0.1) is 15.8 Å². The molecule has 0 spiro atoms. The molecule has 0 aliphatic rings. The summed E-state index contributed by atoms with van der Waals surface area (Å²) < 4.78 is 40.1. The van der Waals surface area contributed by atoms with Gasteiger partial charge in [0.1, 0.15) is 23.1 Å². The third-order valence-electron chi connectivity index (χ3n) is 2.31. The number of halogens is 4. The van der Waals surface area contributed by atoms with Crippen molar-refractivity contribution in [2.24, 2.45) is 0 Å². The number of nitrogens with two attached hydrogens (primary N) is 1. The molecule has 2 nitrogen and oxygen atoms in total. The lowest BCUT2D eigenvalue weighted by atomic mass is 10.2. The third kappa shape index (κ3) is 2.43. The normalized spacial score (nSPS) is 10.4. The molecule has 0 aliphatic carbocycles. The Kier molecular flexibility index (Phi) is 3.47. The molecule has 2 aromatic rings. The van der Waals surface area contributed by atoms with Crippen molar-refractivity contribution in [1.29, 1.82) is 0 Å². The van der Waals surface area contributed by atoms with Crippen LogP contribution >= 0.6 is 15.9 Å². The predicted octanol–water partition coefficient (Wildman–Crippen LogP) is 4.19. The van der Waals surface area contributed by atoms with Crippen molar-refractivity contribution in [2.75, 3.05) is 11.1 Å². The number of hydrogen-bond acceptors (Lipinski definition) is 2. The zero-order valence-electron chi connectivity index (χ0n) is 8.98. The van der Waals surface area contributed by atoms with E-state index in [1.54, 1.807) is 0 Å². The van der Waals surface area contributed by atoms with E-state index >= 15 is 0 Å². The van der Waals surface area contributed by atoms with Crippen molar-refractivity contribution in [3.05, 3.63) is 52.3 Å². The van der Waals surface area contributed by atoms with Crippen molar-refractivity contribution >= 4 is 33.0 Å². The summed E-state index contributed by atoms with van der Waals surface area (Å²) in [5.41, 5.74) is 5.51. The first-order chi connectivity index (χ1) is 8.49. The molecule has 0 aromatic heterocycles. The van der Waals surface area contributed by atoms with Gasteiger partial charge < -0.3 is 11.1 Å². The zero-order chi connectivity index (χ0) is 13.3. The summed E-state index contributed by atoms with van der Waals surface area (Å²) in [6, 6.07) is 5.85. The summed E-state index contributed by atoms with van der Waals surface area (Å²) in [4.78, 5) is 0. The average molecular weight is 317 g/mol. The standard InChI is InChI=1S/C12H8BrF3N2/c13-6-4-11(10(17)5-9(6)16)18-12-7(14)2-1-3-8(12)15/h1-5,18H,17H2. The molecule has 0 amide bonds. The summed E-state index contributed by atoms with van der Waals surface area (Å²) in [7, 11) is 0. The minimum absolute atomic E-state index is 0.0540. The lowest BCUT2D eigenvalue weighted by Crippen LogP contribution is -2.01. The largest absolute Gasteiger partial charge is 0.397 e. The smallest absolute Gasteiger partial charge is 0.149 e. The van der Waals surface area contributed by atoms with Gasteiger partial charge in [-0.25, -0.2) is 13.2 Å². The van der Waals surface area contributed by atoms with Crippen LogP contribution in [0.4, 0.5) is 30.2 Å². The molecule has 94 valence electrons. The highest BCUT2D eigenvalue weighted by atomic mass is 79.9. The van der Waals surface area contributed by atoms with Crippen LogP contribution in [-0.4, -0.2) is 0 Å². The van der Waals surface area contributed by atoms with Crippen LogP contribution in [0.1, 0.15) is 0 Å². The Morgan fingerprint density at radius 2 is 1.61 bits per heavy atom. The maximum atomic E-state index is 13.4. The second kappa shape index (κ2) is 4.89. The molecule has 6 heteroatoms. The van der Waals surface area contributed by atoms with E-state index < -0.39 is 17.5 Å². The quantitative estimate of drug-likeness (QED) is 0.815. The molecular formula is C12H8BrF3N2. The minimum Gasteiger partial charge on any atom is -0.397 e. The van der Waals surface area contributed by atoms with E-state index in [2.05, 4.69) is 21.2 Å². The van der Waals surface area contributed by atoms with E-state index in [-0.39, 0.29) is 21.5 Å². The first-order valence-electron chi connectivity index (χ1n) is 4.94. The number of rotatable bonds is 2. The third-order valence-corrected chi connectivity index (χ3v) is 2.92. The number of hydrogen-bond donors (Lipinski definition) is 2. The topological polar surface area (TPSA) is 38.0 Å². The highest BCUT2D eigenvalue weighted by molar-refractivity contribution is 9.10. The van der Waals surface area contributed by atoms with Crippen LogP contribution in [0.15, 0.2) is 34.8 Å². The van der Waals surface area contributed by atoms with Crippen molar-refractivity contribution < 1.29 is 13.2 Å². The number of nitrogen functional groups attached to an aromatic ring is 1. The molecule has 0 aliphatic heterocycles. The SMILES string of the molecule is Nc1cc(F)c(Br)cc1Nc1c(F)cccc1F. The molecule has 0 bridgehead atoms. The summed E-state index contributed by atoms with van der Waals surface area (Å²) >= 11 is 2.97. The molecule has 18 heavy (non-hydrogen) atoms. The van der Waals surface area contributed by atoms with Gasteiger partial charge in [0.2, 0.25) is 0 Å². The van der Waals surface area contributed by atoms with Crippen molar-refractivity contribution in [2.45, 2.75) is 0 Å². The Morgan fingerprint density at radius 3 is 2.22 bits per heavy atom. The maximum absolute atomic E-state index is 13.4. The molecule has 0 saturated heterocycles. The van der Waals surface area contributed by atoms with E-state index in [0.717, 1.165) is 18.2 Å². The van der Waals surface area contributed by atoms with Crippen LogP contribution < -0.4 is 11.1 Å². The van der Waals surface area contributed by atoms with E-state index in [1.807, 2.05) is 0 Å². The summed E-state index contributed by atoms with van der Waals surface area (Å²) in [5.74, 6) is -2.06. The zero-order valence-corrected chi connectivity index (χ0v) is 10.6. The second-order valence-corrected chi connectivity index (χ2v) is 4.43. The van der Waals surface area contributed by atoms with Gasteiger partial charge in [-0.2, -0.15) is 0 Å². The fourth-order valence-electron chi connectivity index (χ4n) is 1.42. The molecule has 0 radical (unpaired) electrons. The number of nitrogens with one attached hydrogen (secondary N) is 1. The predicted molar refractivity (Wildman–Crippen MR) is 68.2 cm³/mol. The Hall–Kier alpha value is -1.69. The maximum Gasteiger partial charge on any atom is 0.149 e. The molecule has 2 aromatic carbocycles. The lowest BCUT2D eigenvalue weighted by Gasteiger charge is -2.11. The van der Waals surface area contributed by atoms with Gasteiger partial charge in [-0.1, -0.05) is 6.07 Å². The molecular weight excluding hydrogens is 309 g/mol. The summed E-state index contributed by atoms with van der Waals surface area (Å²) in [5, 5.41) is 2.51. The highest BCUT2D eigenvalue weighted by Gasteiger charge is 2.11.